The highest BCUT2D eigenvalue weighted by molar-refractivity contribution is 7.89. The van der Waals surface area contributed by atoms with Crippen molar-refractivity contribution in [1.82, 2.24) is 10.6 Å². The molecule has 0 aromatic heterocycles. The highest BCUT2D eigenvalue weighted by Gasteiger charge is 2.39. The fourth-order valence-electron chi connectivity index (χ4n) is 2.31. The Morgan fingerprint density at radius 1 is 0.966 bits per heavy atom. The summed E-state index contributed by atoms with van der Waals surface area (Å²) in [4.78, 5) is 21.6. The molecule has 0 radical (unpaired) electrons. The average molecular weight is 421 g/mol. The first-order valence-corrected chi connectivity index (χ1v) is 10.2. The Balaban J connectivity index is 0.000000253. The van der Waals surface area contributed by atoms with Crippen LogP contribution in [0.4, 0.5) is 4.79 Å². The van der Waals surface area contributed by atoms with E-state index in [1.807, 2.05) is 6.92 Å². The Kier molecular flexibility index (Phi) is 6.83. The monoisotopic (exact) mass is 421 g/mol. The van der Waals surface area contributed by atoms with E-state index in [1.54, 1.807) is 50.4 Å². The van der Waals surface area contributed by atoms with Crippen molar-refractivity contribution >= 4 is 22.0 Å². The molecule has 0 spiro atoms. The zero-order valence-corrected chi connectivity index (χ0v) is 17.1. The number of primary sulfonamides is 1. The van der Waals surface area contributed by atoms with E-state index in [0.29, 0.717) is 17.9 Å². The largest absolute Gasteiger partial charge is 0.497 e. The van der Waals surface area contributed by atoms with Gasteiger partial charge in [-0.2, -0.15) is 0 Å². The Morgan fingerprint density at radius 3 is 1.79 bits per heavy atom. The standard InChI is InChI=1S/C13H13NO4S.C6H10N2O2/c1-17-10-2-4-11(5-3-10)18-12-6-8-13(9-7-12)19(14,15)16;1-3-6(2)4(9)7-5(10)8-6/h2-9H,1H3,(H2,14,15,16);3H2,1-2H3,(H2,7,8,9,10)/t;6-/m.0/s1. The SMILES string of the molecule is CC[C@]1(C)NC(=O)NC1=O.COc1ccc(Oc2ccc(S(N)(=O)=O)cc2)cc1. The predicted octanol–water partition coefficient (Wildman–Crippen LogP) is 2.13. The number of urea groups is 1. The van der Waals surface area contributed by atoms with E-state index in [1.165, 1.54) is 12.1 Å². The third-order valence-electron chi connectivity index (χ3n) is 4.27. The van der Waals surface area contributed by atoms with E-state index in [0.717, 1.165) is 5.75 Å². The van der Waals surface area contributed by atoms with Crippen LogP contribution in [0, 0.1) is 0 Å². The van der Waals surface area contributed by atoms with Crippen molar-refractivity contribution in [2.75, 3.05) is 7.11 Å². The van der Waals surface area contributed by atoms with Crippen molar-refractivity contribution in [3.8, 4) is 17.2 Å². The minimum Gasteiger partial charge on any atom is -0.497 e. The van der Waals surface area contributed by atoms with E-state index < -0.39 is 21.6 Å². The van der Waals surface area contributed by atoms with Crippen LogP contribution >= 0.6 is 0 Å². The summed E-state index contributed by atoms with van der Waals surface area (Å²) in [5.74, 6) is 1.65. The van der Waals surface area contributed by atoms with Gasteiger partial charge in [0.15, 0.2) is 0 Å². The normalized spacial score (nSPS) is 18.2. The summed E-state index contributed by atoms with van der Waals surface area (Å²) >= 11 is 0. The molecule has 29 heavy (non-hydrogen) atoms. The number of amides is 3. The van der Waals surface area contributed by atoms with Crippen LogP contribution in [0.2, 0.25) is 0 Å². The first-order valence-electron chi connectivity index (χ1n) is 8.66. The number of hydrogen-bond acceptors (Lipinski definition) is 6. The molecule has 0 bridgehead atoms. The molecule has 4 N–H and O–H groups in total. The smallest absolute Gasteiger partial charge is 0.322 e. The number of ether oxygens (including phenoxy) is 2. The lowest BCUT2D eigenvalue weighted by molar-refractivity contribution is -0.123. The molecular weight excluding hydrogens is 398 g/mol. The number of nitrogens with one attached hydrogen (secondary N) is 2. The highest BCUT2D eigenvalue weighted by atomic mass is 32.2. The minimum absolute atomic E-state index is 0.0505. The summed E-state index contributed by atoms with van der Waals surface area (Å²) in [7, 11) is -2.09. The number of imide groups is 1. The Morgan fingerprint density at radius 2 is 1.45 bits per heavy atom. The lowest BCUT2D eigenvalue weighted by Gasteiger charge is -2.16. The van der Waals surface area contributed by atoms with Crippen molar-refractivity contribution in [2.24, 2.45) is 5.14 Å². The number of benzene rings is 2. The van der Waals surface area contributed by atoms with Gasteiger partial charge in [-0.25, -0.2) is 18.4 Å². The van der Waals surface area contributed by atoms with Crippen LogP contribution in [0.15, 0.2) is 53.4 Å². The molecule has 10 heteroatoms. The predicted molar refractivity (Wildman–Crippen MR) is 106 cm³/mol. The number of carbonyl (C=O) groups excluding carboxylic acids is 2. The van der Waals surface area contributed by atoms with Gasteiger partial charge < -0.3 is 14.8 Å². The molecule has 1 heterocycles. The fourth-order valence-corrected chi connectivity index (χ4v) is 2.82. The molecular formula is C19H23N3O6S. The molecule has 0 saturated carbocycles. The average Bonchev–Trinajstić information content (AvgIpc) is 2.95. The van der Waals surface area contributed by atoms with Gasteiger partial charge in [0.1, 0.15) is 22.8 Å². The van der Waals surface area contributed by atoms with Gasteiger partial charge in [0, 0.05) is 0 Å². The van der Waals surface area contributed by atoms with Crippen LogP contribution in [0.3, 0.4) is 0 Å². The van der Waals surface area contributed by atoms with Gasteiger partial charge in [-0.1, -0.05) is 6.92 Å². The van der Waals surface area contributed by atoms with Gasteiger partial charge >= 0.3 is 6.03 Å². The molecule has 2 aromatic rings. The van der Waals surface area contributed by atoms with Gasteiger partial charge in [0.25, 0.3) is 5.91 Å². The second kappa shape index (κ2) is 8.93. The maximum Gasteiger partial charge on any atom is 0.322 e. The number of methoxy groups -OCH3 is 1. The maximum atomic E-state index is 11.1. The minimum atomic E-state index is -3.67. The summed E-state index contributed by atoms with van der Waals surface area (Å²) in [6, 6.07) is 12.5. The molecule has 0 aliphatic carbocycles. The second-order valence-electron chi connectivity index (χ2n) is 6.39. The molecule has 3 rings (SSSR count). The molecule has 1 atom stereocenters. The number of sulfonamides is 1. The first-order chi connectivity index (χ1) is 13.6. The molecule has 1 fully saturated rings. The number of nitrogens with two attached hydrogens (primary N) is 1. The second-order valence-corrected chi connectivity index (χ2v) is 7.95. The number of carbonyl (C=O) groups is 2. The Bertz CT molecular complexity index is 974. The van der Waals surface area contributed by atoms with Crippen LogP contribution in [-0.4, -0.2) is 33.0 Å². The van der Waals surface area contributed by atoms with Gasteiger partial charge in [0.05, 0.1) is 12.0 Å². The van der Waals surface area contributed by atoms with Crippen molar-refractivity contribution in [3.63, 3.8) is 0 Å². The van der Waals surface area contributed by atoms with E-state index in [2.05, 4.69) is 10.6 Å². The summed E-state index contributed by atoms with van der Waals surface area (Å²) in [5, 5.41) is 9.71. The van der Waals surface area contributed by atoms with Crippen molar-refractivity contribution in [1.29, 1.82) is 0 Å². The van der Waals surface area contributed by atoms with E-state index in [9.17, 15) is 18.0 Å². The van der Waals surface area contributed by atoms with E-state index in [-0.39, 0.29) is 10.8 Å². The maximum absolute atomic E-state index is 11.1. The third kappa shape index (κ3) is 5.93. The summed E-state index contributed by atoms with van der Waals surface area (Å²) in [6.45, 7) is 3.55. The van der Waals surface area contributed by atoms with Crippen LogP contribution < -0.4 is 25.2 Å². The number of hydrogen-bond donors (Lipinski definition) is 3. The molecule has 156 valence electrons. The van der Waals surface area contributed by atoms with Crippen LogP contribution in [0.1, 0.15) is 20.3 Å². The van der Waals surface area contributed by atoms with Crippen LogP contribution in [-0.2, 0) is 14.8 Å². The summed E-state index contributed by atoms with van der Waals surface area (Å²) < 4.78 is 32.8. The molecule has 2 aromatic carbocycles. The molecule has 3 amide bonds. The zero-order chi connectivity index (χ0) is 21.7. The molecule has 9 nitrogen and oxygen atoms in total. The molecule has 0 unspecified atom stereocenters. The number of rotatable bonds is 5. The van der Waals surface area contributed by atoms with Crippen molar-refractivity contribution in [2.45, 2.75) is 30.7 Å². The van der Waals surface area contributed by atoms with Crippen LogP contribution in [0.25, 0.3) is 0 Å². The quantitative estimate of drug-likeness (QED) is 0.633. The third-order valence-corrected chi connectivity index (χ3v) is 5.20. The topological polar surface area (TPSA) is 137 Å². The Hall–Kier alpha value is -3.11. The van der Waals surface area contributed by atoms with Gasteiger partial charge in [-0.3, -0.25) is 10.1 Å². The lowest BCUT2D eigenvalue weighted by Crippen LogP contribution is -2.42. The van der Waals surface area contributed by atoms with Gasteiger partial charge in [-0.05, 0) is 61.9 Å². The summed E-state index contributed by atoms with van der Waals surface area (Å²) in [6.07, 6.45) is 0.616. The molecule has 1 aliphatic heterocycles. The van der Waals surface area contributed by atoms with Crippen LogP contribution in [0.5, 0.6) is 17.2 Å². The van der Waals surface area contributed by atoms with E-state index in [4.69, 9.17) is 14.6 Å². The Labute approximate surface area is 169 Å². The van der Waals surface area contributed by atoms with Crippen molar-refractivity contribution < 1.29 is 27.5 Å². The highest BCUT2D eigenvalue weighted by Crippen LogP contribution is 2.24. The fraction of sp³-hybridized carbons (Fsp3) is 0.263. The van der Waals surface area contributed by atoms with Gasteiger partial charge in [0.2, 0.25) is 10.0 Å². The van der Waals surface area contributed by atoms with Crippen molar-refractivity contribution in [3.05, 3.63) is 48.5 Å². The lowest BCUT2D eigenvalue weighted by atomic mass is 10.0. The van der Waals surface area contributed by atoms with E-state index >= 15 is 0 Å². The zero-order valence-electron chi connectivity index (χ0n) is 16.3. The van der Waals surface area contributed by atoms with Gasteiger partial charge in [-0.15, -0.1) is 0 Å². The molecule has 1 aliphatic rings. The first kappa shape index (κ1) is 22.2. The summed E-state index contributed by atoms with van der Waals surface area (Å²) in [5.41, 5.74) is -0.683. The molecule has 1 saturated heterocycles.